The summed E-state index contributed by atoms with van der Waals surface area (Å²) in [5.74, 6) is -0.560. The maximum Gasteiger partial charge on any atom is 0.255 e. The van der Waals surface area contributed by atoms with Crippen LogP contribution in [0.25, 0.3) is 0 Å². The van der Waals surface area contributed by atoms with E-state index in [1.54, 1.807) is 42.5 Å². The van der Waals surface area contributed by atoms with Crippen molar-refractivity contribution < 1.29 is 13.2 Å². The molecular formula is C24H23Cl2N3O3S. The second-order valence-corrected chi connectivity index (χ2v) is 10.1. The van der Waals surface area contributed by atoms with Gasteiger partial charge in [-0.1, -0.05) is 77.3 Å². The first-order chi connectivity index (χ1) is 15.8. The van der Waals surface area contributed by atoms with Gasteiger partial charge in [0.1, 0.15) is 0 Å². The lowest BCUT2D eigenvalue weighted by Gasteiger charge is -2.21. The molecule has 0 unspecified atom stereocenters. The highest BCUT2D eigenvalue weighted by molar-refractivity contribution is 7.89. The molecule has 3 rings (SSSR count). The zero-order valence-electron chi connectivity index (χ0n) is 17.9. The van der Waals surface area contributed by atoms with Crippen molar-refractivity contribution in [1.82, 2.24) is 9.73 Å². The Balaban J connectivity index is 1.73. The first-order valence-electron chi connectivity index (χ1n) is 10.1. The minimum Gasteiger partial charge on any atom is -0.272 e. The third kappa shape index (κ3) is 7.14. The molecule has 0 heterocycles. The summed E-state index contributed by atoms with van der Waals surface area (Å²) in [4.78, 5) is 12.7. The Labute approximate surface area is 203 Å². The zero-order chi connectivity index (χ0) is 23.8. The third-order valence-electron chi connectivity index (χ3n) is 4.82. The first-order valence-corrected chi connectivity index (χ1v) is 12.3. The summed E-state index contributed by atoms with van der Waals surface area (Å²) in [5, 5.41) is 4.68. The minimum atomic E-state index is -3.88. The van der Waals surface area contributed by atoms with Crippen molar-refractivity contribution in [3.63, 3.8) is 0 Å². The molecule has 172 valence electrons. The predicted molar refractivity (Wildman–Crippen MR) is 132 cm³/mol. The SMILES string of the molecule is Cc1ccc(S(=O)(=O)N(CCc2ccccc2)CC(=O)N/N=C\c2ccc(Cl)c(Cl)c2)cc1. The molecule has 1 amide bonds. The molecule has 33 heavy (non-hydrogen) atoms. The Kier molecular flexibility index (Phi) is 8.63. The molecule has 0 aliphatic rings. The number of carbonyl (C=O) groups is 1. The number of hydrogen-bond acceptors (Lipinski definition) is 4. The van der Waals surface area contributed by atoms with Gasteiger partial charge < -0.3 is 0 Å². The van der Waals surface area contributed by atoms with Crippen LogP contribution in [0, 0.1) is 6.92 Å². The monoisotopic (exact) mass is 503 g/mol. The molecule has 0 saturated heterocycles. The number of amides is 1. The number of rotatable bonds is 9. The van der Waals surface area contributed by atoms with Crippen molar-refractivity contribution in [3.05, 3.63) is 99.5 Å². The van der Waals surface area contributed by atoms with Crippen molar-refractivity contribution in [2.45, 2.75) is 18.2 Å². The average molecular weight is 504 g/mol. The summed E-state index contributed by atoms with van der Waals surface area (Å²) >= 11 is 11.9. The maximum atomic E-state index is 13.2. The largest absolute Gasteiger partial charge is 0.272 e. The van der Waals surface area contributed by atoms with Crippen molar-refractivity contribution in [2.24, 2.45) is 5.10 Å². The number of hydrazone groups is 1. The summed E-state index contributed by atoms with van der Waals surface area (Å²) in [6.07, 6.45) is 1.87. The van der Waals surface area contributed by atoms with E-state index in [9.17, 15) is 13.2 Å². The molecule has 0 aromatic heterocycles. The molecule has 0 atom stereocenters. The van der Waals surface area contributed by atoms with E-state index in [2.05, 4.69) is 10.5 Å². The Morgan fingerprint density at radius 2 is 1.70 bits per heavy atom. The molecule has 0 spiro atoms. The molecule has 9 heteroatoms. The number of aryl methyl sites for hydroxylation is 1. The van der Waals surface area contributed by atoms with Gasteiger partial charge in [-0.15, -0.1) is 0 Å². The van der Waals surface area contributed by atoms with Gasteiger partial charge in [-0.2, -0.15) is 9.41 Å². The van der Waals surface area contributed by atoms with E-state index in [0.717, 1.165) is 15.4 Å². The van der Waals surface area contributed by atoms with Gasteiger partial charge in [-0.3, -0.25) is 4.79 Å². The van der Waals surface area contributed by atoms with Crippen LogP contribution in [0.1, 0.15) is 16.7 Å². The number of hydrogen-bond donors (Lipinski definition) is 1. The lowest BCUT2D eigenvalue weighted by molar-refractivity contribution is -0.121. The minimum absolute atomic E-state index is 0.133. The number of benzene rings is 3. The van der Waals surface area contributed by atoms with Crippen molar-refractivity contribution in [3.8, 4) is 0 Å². The van der Waals surface area contributed by atoms with Gasteiger partial charge in [0.2, 0.25) is 10.0 Å². The predicted octanol–water partition coefficient (Wildman–Crippen LogP) is 4.69. The summed E-state index contributed by atoms with van der Waals surface area (Å²) < 4.78 is 27.7. The summed E-state index contributed by atoms with van der Waals surface area (Å²) in [7, 11) is -3.88. The number of halogens is 2. The van der Waals surface area contributed by atoms with Gasteiger partial charge in [0.25, 0.3) is 5.91 Å². The number of nitrogens with one attached hydrogen (secondary N) is 1. The number of nitrogens with zero attached hydrogens (tertiary/aromatic N) is 2. The van der Waals surface area contributed by atoms with Crippen LogP contribution in [0.3, 0.4) is 0 Å². The molecule has 0 bridgehead atoms. The van der Waals surface area contributed by atoms with Gasteiger partial charge >= 0.3 is 0 Å². The molecule has 0 aliphatic heterocycles. The highest BCUT2D eigenvalue weighted by Crippen LogP contribution is 2.22. The Morgan fingerprint density at radius 1 is 1.00 bits per heavy atom. The maximum absolute atomic E-state index is 13.2. The second kappa shape index (κ2) is 11.4. The number of sulfonamides is 1. The van der Waals surface area contributed by atoms with E-state index < -0.39 is 15.9 Å². The first kappa shape index (κ1) is 24.9. The molecule has 0 radical (unpaired) electrons. The molecule has 0 aliphatic carbocycles. The fraction of sp³-hybridized carbons (Fsp3) is 0.167. The Morgan fingerprint density at radius 3 is 2.36 bits per heavy atom. The highest BCUT2D eigenvalue weighted by Gasteiger charge is 2.26. The van der Waals surface area contributed by atoms with Crippen LogP contribution < -0.4 is 5.43 Å². The molecule has 6 nitrogen and oxygen atoms in total. The smallest absolute Gasteiger partial charge is 0.255 e. The van der Waals surface area contributed by atoms with Gasteiger partial charge in [0.15, 0.2) is 0 Å². The summed E-state index contributed by atoms with van der Waals surface area (Å²) in [6.45, 7) is 1.65. The topological polar surface area (TPSA) is 78.8 Å². The Bertz CT molecular complexity index is 1230. The molecule has 3 aromatic rings. The molecular weight excluding hydrogens is 481 g/mol. The molecule has 0 fully saturated rings. The van der Waals surface area contributed by atoms with Crippen molar-refractivity contribution in [1.29, 1.82) is 0 Å². The summed E-state index contributed by atoms with van der Waals surface area (Å²) in [6, 6.07) is 20.9. The fourth-order valence-corrected chi connectivity index (χ4v) is 4.71. The molecule has 0 saturated carbocycles. The zero-order valence-corrected chi connectivity index (χ0v) is 20.2. The van der Waals surface area contributed by atoms with E-state index in [4.69, 9.17) is 23.2 Å². The van der Waals surface area contributed by atoms with E-state index in [-0.39, 0.29) is 18.0 Å². The van der Waals surface area contributed by atoms with Crippen LogP contribution >= 0.6 is 23.2 Å². The number of carbonyl (C=O) groups excluding carboxylic acids is 1. The van der Waals surface area contributed by atoms with E-state index in [1.165, 1.54) is 6.21 Å². The van der Waals surface area contributed by atoms with E-state index >= 15 is 0 Å². The van der Waals surface area contributed by atoms with Crippen molar-refractivity contribution >= 4 is 45.3 Å². The fourth-order valence-electron chi connectivity index (χ4n) is 3.01. The second-order valence-electron chi connectivity index (χ2n) is 7.35. The normalized spacial score (nSPS) is 11.8. The van der Waals surface area contributed by atoms with Gasteiger partial charge in [0, 0.05) is 6.54 Å². The van der Waals surface area contributed by atoms with Crippen LogP contribution in [-0.4, -0.2) is 37.9 Å². The van der Waals surface area contributed by atoms with Crippen LogP contribution in [0.5, 0.6) is 0 Å². The molecule has 1 N–H and O–H groups in total. The van der Waals surface area contributed by atoms with Crippen LogP contribution in [-0.2, 0) is 21.2 Å². The third-order valence-corrected chi connectivity index (χ3v) is 7.42. The highest BCUT2D eigenvalue weighted by atomic mass is 35.5. The van der Waals surface area contributed by atoms with Crippen LogP contribution in [0.15, 0.2) is 82.8 Å². The van der Waals surface area contributed by atoms with Crippen LogP contribution in [0.4, 0.5) is 0 Å². The average Bonchev–Trinajstić information content (AvgIpc) is 2.80. The van der Waals surface area contributed by atoms with Gasteiger partial charge in [-0.05, 0) is 48.7 Å². The van der Waals surface area contributed by atoms with Gasteiger partial charge in [-0.25, -0.2) is 13.8 Å². The standard InChI is InChI=1S/C24H23Cl2N3O3S/c1-18-7-10-21(11-8-18)33(31,32)29(14-13-19-5-3-2-4-6-19)17-24(30)28-27-16-20-9-12-22(25)23(26)15-20/h2-12,15-16H,13-14,17H2,1H3,(H,28,30)/b27-16-. The van der Waals surface area contributed by atoms with E-state index in [1.807, 2.05) is 37.3 Å². The molecule has 3 aromatic carbocycles. The lowest BCUT2D eigenvalue weighted by Crippen LogP contribution is -2.40. The quantitative estimate of drug-likeness (QED) is 0.339. The van der Waals surface area contributed by atoms with Crippen LogP contribution in [0.2, 0.25) is 10.0 Å². The van der Waals surface area contributed by atoms with E-state index in [0.29, 0.717) is 22.0 Å². The Hall–Kier alpha value is -2.71. The summed E-state index contributed by atoms with van der Waals surface area (Å²) in [5.41, 5.74) is 4.93. The van der Waals surface area contributed by atoms with Gasteiger partial charge in [0.05, 0.1) is 27.7 Å². The van der Waals surface area contributed by atoms with Crippen molar-refractivity contribution in [2.75, 3.05) is 13.1 Å². The lowest BCUT2D eigenvalue weighted by atomic mass is 10.1.